The first-order chi connectivity index (χ1) is 6.95. The molecule has 1 N–H and O–H groups in total. The minimum atomic E-state index is 0.157. The Kier molecular flexibility index (Phi) is 7.05. The third-order valence-corrected chi connectivity index (χ3v) is 2.05. The molecule has 0 fully saturated rings. The third kappa shape index (κ3) is 11.1. The van der Waals surface area contributed by atoms with Gasteiger partial charge < -0.3 is 9.80 Å². The van der Waals surface area contributed by atoms with Crippen LogP contribution in [0.25, 0.3) is 0 Å². The van der Waals surface area contributed by atoms with Crippen molar-refractivity contribution in [2.75, 3.05) is 34.2 Å². The Balaban J connectivity index is 3.46. The van der Waals surface area contributed by atoms with Crippen LogP contribution < -0.4 is 5.32 Å². The summed E-state index contributed by atoms with van der Waals surface area (Å²) < 4.78 is 0.885. The average molecular weight is 213 g/mol. The van der Waals surface area contributed by atoms with Gasteiger partial charge in [-0.3, -0.25) is 4.79 Å². The Morgan fingerprint density at radius 2 is 1.93 bits per heavy atom. The fraction of sp³-hybridized carbons (Fsp3) is 0.750. The Hall–Kier alpha value is -0.830. The van der Waals surface area contributed by atoms with Gasteiger partial charge in [0, 0.05) is 6.42 Å². The number of nitrogens with zero attached hydrogens (tertiary/aromatic N) is 1. The molecule has 0 aromatic carbocycles. The molecular weight excluding hydrogens is 188 g/mol. The molecule has 0 aromatic heterocycles. The number of carbonyl (C=O) groups is 1. The monoisotopic (exact) mass is 213 g/mol. The van der Waals surface area contributed by atoms with Gasteiger partial charge in [-0.15, -0.1) is 0 Å². The molecule has 3 heteroatoms. The van der Waals surface area contributed by atoms with E-state index in [1.807, 2.05) is 0 Å². The van der Waals surface area contributed by atoms with E-state index in [0.29, 0.717) is 6.42 Å². The first kappa shape index (κ1) is 14.2. The van der Waals surface area contributed by atoms with Crippen molar-refractivity contribution in [1.29, 1.82) is 0 Å². The molecule has 0 heterocycles. The highest BCUT2D eigenvalue weighted by atomic mass is 16.1. The average Bonchev–Trinajstić information content (AvgIpc) is 2.10. The summed E-state index contributed by atoms with van der Waals surface area (Å²) >= 11 is 0. The molecule has 0 saturated heterocycles. The number of quaternary nitrogens is 1. The van der Waals surface area contributed by atoms with Crippen molar-refractivity contribution < 1.29 is 9.28 Å². The van der Waals surface area contributed by atoms with Crippen LogP contribution in [0.2, 0.25) is 0 Å². The molecule has 0 radical (unpaired) electrons. The molecule has 88 valence electrons. The van der Waals surface area contributed by atoms with Crippen molar-refractivity contribution in [1.82, 2.24) is 5.32 Å². The van der Waals surface area contributed by atoms with Crippen molar-refractivity contribution in [2.24, 2.45) is 0 Å². The summed E-state index contributed by atoms with van der Waals surface area (Å²) in [4.78, 5) is 11.3. The van der Waals surface area contributed by atoms with Crippen LogP contribution in [0.4, 0.5) is 0 Å². The highest BCUT2D eigenvalue weighted by molar-refractivity contribution is 5.75. The molecule has 0 rings (SSSR count). The first-order valence-corrected chi connectivity index (χ1v) is 5.68. The van der Waals surface area contributed by atoms with E-state index in [2.05, 4.69) is 45.5 Å². The van der Waals surface area contributed by atoms with E-state index >= 15 is 0 Å². The number of allylic oxidation sites excluding steroid dienone is 2. The molecule has 3 nitrogen and oxygen atoms in total. The van der Waals surface area contributed by atoms with Crippen LogP contribution >= 0.6 is 0 Å². The van der Waals surface area contributed by atoms with Crippen LogP contribution in [0.1, 0.15) is 26.2 Å². The summed E-state index contributed by atoms with van der Waals surface area (Å²) in [5, 5.41) is 2.93. The lowest BCUT2D eigenvalue weighted by Gasteiger charge is -2.23. The summed E-state index contributed by atoms with van der Waals surface area (Å²) in [6.07, 6.45) is 6.67. The highest BCUT2D eigenvalue weighted by Gasteiger charge is 2.06. The predicted octanol–water partition coefficient (Wildman–Crippen LogP) is 1.56. The molecule has 0 aromatic rings. The second kappa shape index (κ2) is 7.46. The van der Waals surface area contributed by atoms with Gasteiger partial charge in [-0.25, -0.2) is 0 Å². The Labute approximate surface area is 93.7 Å². The number of amides is 1. The number of carbonyl (C=O) groups excluding carboxylic acids is 1. The van der Waals surface area contributed by atoms with Crippen molar-refractivity contribution in [3.05, 3.63) is 12.2 Å². The quantitative estimate of drug-likeness (QED) is 0.504. The van der Waals surface area contributed by atoms with Crippen molar-refractivity contribution >= 4 is 5.91 Å². The summed E-state index contributed by atoms with van der Waals surface area (Å²) in [5.74, 6) is 0.157. The van der Waals surface area contributed by atoms with E-state index in [0.717, 1.165) is 30.4 Å². The van der Waals surface area contributed by atoms with Crippen LogP contribution in [0, 0.1) is 0 Å². The van der Waals surface area contributed by atoms with E-state index in [1.165, 1.54) is 0 Å². The Morgan fingerprint density at radius 1 is 1.27 bits per heavy atom. The second-order valence-corrected chi connectivity index (χ2v) is 4.78. The van der Waals surface area contributed by atoms with Crippen LogP contribution in [-0.2, 0) is 4.79 Å². The predicted molar refractivity (Wildman–Crippen MR) is 64.6 cm³/mol. The number of hydrogen-bond acceptors (Lipinski definition) is 1. The van der Waals surface area contributed by atoms with Crippen LogP contribution in [0.5, 0.6) is 0 Å². The molecular formula is C12H25N2O+. The number of likely N-dealkylation sites (N-methyl/N-ethyl adjacent to an activating group) is 1. The van der Waals surface area contributed by atoms with Gasteiger partial charge >= 0.3 is 0 Å². The molecule has 15 heavy (non-hydrogen) atoms. The van der Waals surface area contributed by atoms with E-state index in [9.17, 15) is 4.79 Å². The van der Waals surface area contributed by atoms with Gasteiger partial charge in [0.2, 0.25) is 5.91 Å². The molecule has 0 bridgehead atoms. The van der Waals surface area contributed by atoms with E-state index in [-0.39, 0.29) is 5.91 Å². The van der Waals surface area contributed by atoms with E-state index in [1.54, 1.807) is 0 Å². The van der Waals surface area contributed by atoms with Crippen molar-refractivity contribution in [2.45, 2.75) is 26.2 Å². The topological polar surface area (TPSA) is 29.1 Å². The minimum Gasteiger partial charge on any atom is -0.350 e. The summed E-state index contributed by atoms with van der Waals surface area (Å²) in [6.45, 7) is 3.83. The van der Waals surface area contributed by atoms with Crippen molar-refractivity contribution in [3.63, 3.8) is 0 Å². The lowest BCUT2D eigenvalue weighted by atomic mass is 10.2. The molecule has 0 atom stereocenters. The van der Waals surface area contributed by atoms with Gasteiger partial charge in [-0.05, 0) is 12.8 Å². The zero-order valence-electron chi connectivity index (χ0n) is 10.5. The van der Waals surface area contributed by atoms with Crippen LogP contribution in [-0.4, -0.2) is 44.6 Å². The highest BCUT2D eigenvalue weighted by Crippen LogP contribution is 1.93. The third-order valence-electron chi connectivity index (χ3n) is 2.05. The van der Waals surface area contributed by atoms with Gasteiger partial charge in [0.1, 0.15) is 0 Å². The van der Waals surface area contributed by atoms with Crippen LogP contribution in [0.15, 0.2) is 12.2 Å². The summed E-state index contributed by atoms with van der Waals surface area (Å²) in [7, 11) is 6.36. The van der Waals surface area contributed by atoms with Gasteiger partial charge in [0.05, 0.1) is 34.2 Å². The lowest BCUT2D eigenvalue weighted by Crippen LogP contribution is -2.41. The molecule has 0 spiro atoms. The maximum absolute atomic E-state index is 11.3. The molecule has 0 aliphatic heterocycles. The Morgan fingerprint density at radius 3 is 2.47 bits per heavy atom. The van der Waals surface area contributed by atoms with Gasteiger partial charge in [-0.1, -0.05) is 19.1 Å². The number of hydrogen-bond donors (Lipinski definition) is 1. The Bertz CT molecular complexity index is 204. The molecule has 0 unspecified atom stereocenters. The number of rotatable bonds is 7. The van der Waals surface area contributed by atoms with Crippen LogP contribution in [0.3, 0.4) is 0 Å². The maximum Gasteiger partial charge on any atom is 0.220 e. The molecule has 0 saturated carbocycles. The minimum absolute atomic E-state index is 0.157. The van der Waals surface area contributed by atoms with Crippen molar-refractivity contribution in [3.8, 4) is 0 Å². The zero-order chi connectivity index (χ0) is 11.7. The zero-order valence-corrected chi connectivity index (χ0v) is 10.5. The number of nitrogens with one attached hydrogen (secondary N) is 1. The van der Waals surface area contributed by atoms with Gasteiger partial charge in [0.25, 0.3) is 0 Å². The first-order valence-electron chi connectivity index (χ1n) is 5.68. The normalized spacial score (nSPS) is 12.0. The standard InChI is InChI=1S/C12H24N2O/c1-5-6-7-8-9-12(15)13-10-11-14(2,3)4/h6-7H,5,8-11H2,1-4H3/p+1/b7-6+. The summed E-state index contributed by atoms with van der Waals surface area (Å²) in [5.41, 5.74) is 0. The smallest absolute Gasteiger partial charge is 0.220 e. The summed E-state index contributed by atoms with van der Waals surface area (Å²) in [6, 6.07) is 0. The lowest BCUT2D eigenvalue weighted by molar-refractivity contribution is -0.869. The molecule has 0 aliphatic rings. The molecule has 1 amide bonds. The van der Waals surface area contributed by atoms with Gasteiger partial charge in [-0.2, -0.15) is 0 Å². The van der Waals surface area contributed by atoms with E-state index < -0.39 is 0 Å². The fourth-order valence-electron chi connectivity index (χ4n) is 1.12. The van der Waals surface area contributed by atoms with Gasteiger partial charge in [0.15, 0.2) is 0 Å². The second-order valence-electron chi connectivity index (χ2n) is 4.78. The SMILES string of the molecule is CC/C=C/CCC(=O)NCC[N+](C)(C)C. The van der Waals surface area contributed by atoms with E-state index in [4.69, 9.17) is 0 Å². The largest absolute Gasteiger partial charge is 0.350 e. The fourth-order valence-corrected chi connectivity index (χ4v) is 1.12. The maximum atomic E-state index is 11.3. The molecule has 0 aliphatic carbocycles.